The van der Waals surface area contributed by atoms with E-state index in [1.54, 1.807) is 29.5 Å². The van der Waals surface area contributed by atoms with Gasteiger partial charge in [0.25, 0.3) is 5.91 Å². The van der Waals surface area contributed by atoms with Gasteiger partial charge in [0, 0.05) is 18.1 Å². The highest BCUT2D eigenvalue weighted by Gasteiger charge is 2.31. The minimum Gasteiger partial charge on any atom is -0.496 e. The summed E-state index contributed by atoms with van der Waals surface area (Å²) >= 11 is 7.50. The van der Waals surface area contributed by atoms with Crippen molar-refractivity contribution in [3.8, 4) is 5.75 Å². The minimum absolute atomic E-state index is 0.0837. The third-order valence-electron chi connectivity index (χ3n) is 3.41. The molecule has 0 radical (unpaired) electrons. The summed E-state index contributed by atoms with van der Waals surface area (Å²) in [5.74, 6) is 0.329. The van der Waals surface area contributed by atoms with E-state index in [4.69, 9.17) is 16.3 Å². The summed E-state index contributed by atoms with van der Waals surface area (Å²) in [6, 6.07) is 5.08. The fraction of sp³-hybridized carbons (Fsp3) is 0.357. The molecule has 1 amide bonds. The van der Waals surface area contributed by atoms with Crippen molar-refractivity contribution in [2.75, 3.05) is 25.1 Å². The molecule has 1 fully saturated rings. The van der Waals surface area contributed by atoms with Gasteiger partial charge in [-0.25, -0.2) is 0 Å². The largest absolute Gasteiger partial charge is 0.496 e. The number of aryl methyl sites for hydroxylation is 1. The Labute approximate surface area is 137 Å². The van der Waals surface area contributed by atoms with E-state index in [1.165, 1.54) is 7.11 Å². The number of methoxy groups -OCH3 is 1. The molecular formula is C14H15ClN4O2S. The normalized spacial score (nSPS) is 14.6. The van der Waals surface area contributed by atoms with E-state index in [9.17, 15) is 4.79 Å². The van der Waals surface area contributed by atoms with Crippen LogP contribution in [0.3, 0.4) is 0 Å². The van der Waals surface area contributed by atoms with Crippen molar-refractivity contribution >= 4 is 34.0 Å². The van der Waals surface area contributed by atoms with Crippen molar-refractivity contribution in [3.63, 3.8) is 0 Å². The third-order valence-corrected chi connectivity index (χ3v) is 4.54. The minimum atomic E-state index is -0.183. The van der Waals surface area contributed by atoms with Gasteiger partial charge in [-0.05, 0) is 25.1 Å². The van der Waals surface area contributed by atoms with Crippen molar-refractivity contribution in [1.29, 1.82) is 0 Å². The average Bonchev–Trinajstić information content (AvgIpc) is 2.88. The maximum absolute atomic E-state index is 12.3. The van der Waals surface area contributed by atoms with Crippen LogP contribution in [0.25, 0.3) is 0 Å². The summed E-state index contributed by atoms with van der Waals surface area (Å²) in [6.45, 7) is 3.37. The lowest BCUT2D eigenvalue weighted by Gasteiger charge is -2.39. The highest BCUT2D eigenvalue weighted by molar-refractivity contribution is 7.15. The van der Waals surface area contributed by atoms with E-state index in [2.05, 4.69) is 20.4 Å². The molecule has 1 aliphatic heterocycles. The molecule has 2 heterocycles. The molecule has 0 spiro atoms. The summed E-state index contributed by atoms with van der Waals surface area (Å²) < 4.78 is 5.20. The van der Waals surface area contributed by atoms with Gasteiger partial charge in [0.05, 0.1) is 18.7 Å². The second kappa shape index (κ2) is 6.10. The molecule has 0 saturated carbocycles. The van der Waals surface area contributed by atoms with E-state index in [1.807, 2.05) is 6.92 Å². The zero-order valence-electron chi connectivity index (χ0n) is 12.2. The summed E-state index contributed by atoms with van der Waals surface area (Å²) in [4.78, 5) is 14.4. The number of anilines is 1. The predicted octanol–water partition coefficient (Wildman–Crippen LogP) is 2.13. The molecule has 0 unspecified atom stereocenters. The zero-order chi connectivity index (χ0) is 15.7. The van der Waals surface area contributed by atoms with Crippen LogP contribution < -0.4 is 15.0 Å². The van der Waals surface area contributed by atoms with E-state index in [0.717, 1.165) is 23.2 Å². The van der Waals surface area contributed by atoms with Gasteiger partial charge < -0.3 is 15.0 Å². The molecule has 1 N–H and O–H groups in total. The average molecular weight is 339 g/mol. The first kappa shape index (κ1) is 15.1. The molecule has 6 nitrogen and oxygen atoms in total. The van der Waals surface area contributed by atoms with Crippen molar-refractivity contribution in [2.24, 2.45) is 0 Å². The van der Waals surface area contributed by atoms with Gasteiger partial charge in [-0.1, -0.05) is 22.9 Å². The van der Waals surface area contributed by atoms with Gasteiger partial charge in [0.1, 0.15) is 10.8 Å². The third kappa shape index (κ3) is 3.00. The molecule has 3 rings (SSSR count). The number of nitrogens with zero attached hydrogens (tertiary/aromatic N) is 3. The number of rotatable bonds is 4. The number of hydrogen-bond donors (Lipinski definition) is 1. The first-order valence-corrected chi connectivity index (χ1v) is 7.95. The predicted molar refractivity (Wildman–Crippen MR) is 86.1 cm³/mol. The van der Waals surface area contributed by atoms with E-state index in [0.29, 0.717) is 16.3 Å². The summed E-state index contributed by atoms with van der Waals surface area (Å²) in [6.07, 6.45) is 0. The highest BCUT2D eigenvalue weighted by Crippen LogP contribution is 2.26. The fourth-order valence-electron chi connectivity index (χ4n) is 2.26. The SMILES string of the molecule is COc1ccc(Cl)cc1C(=O)NC1CN(c2nnc(C)s2)C1. The van der Waals surface area contributed by atoms with Gasteiger partial charge in [0.2, 0.25) is 5.13 Å². The molecule has 0 atom stereocenters. The number of aromatic nitrogens is 2. The maximum atomic E-state index is 12.3. The quantitative estimate of drug-likeness (QED) is 0.925. The molecular weight excluding hydrogens is 324 g/mol. The lowest BCUT2D eigenvalue weighted by Crippen LogP contribution is -2.59. The van der Waals surface area contributed by atoms with E-state index >= 15 is 0 Å². The van der Waals surface area contributed by atoms with Crippen LogP contribution in [-0.2, 0) is 0 Å². The number of ether oxygens (including phenoxy) is 1. The van der Waals surface area contributed by atoms with Crippen molar-refractivity contribution in [1.82, 2.24) is 15.5 Å². The Morgan fingerprint density at radius 1 is 1.45 bits per heavy atom. The number of halogens is 1. The van der Waals surface area contributed by atoms with Crippen LogP contribution in [0.5, 0.6) is 5.75 Å². The second-order valence-corrected chi connectivity index (χ2v) is 6.62. The number of nitrogens with one attached hydrogen (secondary N) is 1. The van der Waals surface area contributed by atoms with Crippen LogP contribution in [0.2, 0.25) is 5.02 Å². The molecule has 8 heteroatoms. The molecule has 1 aromatic carbocycles. The maximum Gasteiger partial charge on any atom is 0.255 e. The lowest BCUT2D eigenvalue weighted by molar-refractivity contribution is 0.0927. The first-order chi connectivity index (χ1) is 10.6. The topological polar surface area (TPSA) is 67.3 Å². The first-order valence-electron chi connectivity index (χ1n) is 6.76. The van der Waals surface area contributed by atoms with Crippen LogP contribution in [0.4, 0.5) is 5.13 Å². The summed E-state index contributed by atoms with van der Waals surface area (Å²) in [5, 5.41) is 13.4. The number of carbonyl (C=O) groups excluding carboxylic acids is 1. The van der Waals surface area contributed by atoms with Gasteiger partial charge in [0.15, 0.2) is 0 Å². The molecule has 2 aromatic rings. The van der Waals surface area contributed by atoms with Gasteiger partial charge in [-0.15, -0.1) is 10.2 Å². The number of hydrogen-bond acceptors (Lipinski definition) is 6. The Hall–Kier alpha value is -1.86. The number of amides is 1. The Morgan fingerprint density at radius 3 is 2.86 bits per heavy atom. The smallest absolute Gasteiger partial charge is 0.255 e. The summed E-state index contributed by atoms with van der Waals surface area (Å²) in [5.41, 5.74) is 0.445. The van der Waals surface area contributed by atoms with E-state index < -0.39 is 0 Å². The molecule has 0 bridgehead atoms. The Kier molecular flexibility index (Phi) is 4.17. The van der Waals surface area contributed by atoms with Gasteiger partial charge in [-0.3, -0.25) is 4.79 Å². The molecule has 1 saturated heterocycles. The standard InChI is InChI=1S/C14H15ClN4O2S/c1-8-17-18-14(22-8)19-6-10(7-19)16-13(20)11-5-9(15)3-4-12(11)21-2/h3-5,10H,6-7H2,1-2H3,(H,16,20). The second-order valence-electron chi connectivity index (χ2n) is 5.02. The monoisotopic (exact) mass is 338 g/mol. The van der Waals surface area contributed by atoms with Crippen LogP contribution in [0, 0.1) is 6.92 Å². The highest BCUT2D eigenvalue weighted by atomic mass is 35.5. The molecule has 1 aliphatic rings. The Bertz CT molecular complexity index is 700. The van der Waals surface area contributed by atoms with E-state index in [-0.39, 0.29) is 11.9 Å². The number of benzene rings is 1. The van der Waals surface area contributed by atoms with Crippen LogP contribution in [-0.4, -0.2) is 42.3 Å². The van der Waals surface area contributed by atoms with Crippen LogP contribution in [0.15, 0.2) is 18.2 Å². The molecule has 1 aromatic heterocycles. The summed E-state index contributed by atoms with van der Waals surface area (Å²) in [7, 11) is 1.53. The Morgan fingerprint density at radius 2 is 2.23 bits per heavy atom. The molecule has 0 aliphatic carbocycles. The van der Waals surface area contributed by atoms with Crippen LogP contribution in [0.1, 0.15) is 15.4 Å². The fourth-order valence-corrected chi connectivity index (χ4v) is 3.14. The van der Waals surface area contributed by atoms with Crippen LogP contribution >= 0.6 is 22.9 Å². The lowest BCUT2D eigenvalue weighted by atomic mass is 10.1. The molecule has 116 valence electrons. The van der Waals surface area contributed by atoms with Crippen molar-refractivity contribution in [2.45, 2.75) is 13.0 Å². The van der Waals surface area contributed by atoms with Crippen molar-refractivity contribution < 1.29 is 9.53 Å². The van der Waals surface area contributed by atoms with Crippen molar-refractivity contribution in [3.05, 3.63) is 33.8 Å². The van der Waals surface area contributed by atoms with Gasteiger partial charge >= 0.3 is 0 Å². The molecule has 22 heavy (non-hydrogen) atoms. The zero-order valence-corrected chi connectivity index (χ0v) is 13.7. The Balaban J connectivity index is 1.61. The number of carbonyl (C=O) groups is 1. The van der Waals surface area contributed by atoms with Gasteiger partial charge in [-0.2, -0.15) is 0 Å².